The molecule has 0 saturated heterocycles. The first-order valence-electron chi connectivity index (χ1n) is 18.1. The van der Waals surface area contributed by atoms with Gasteiger partial charge in [0.1, 0.15) is 17.2 Å². The molecule has 1 atom stereocenters. The number of rotatable bonds is 11. The molecule has 1 heterocycles. The van der Waals surface area contributed by atoms with Gasteiger partial charge in [-0.25, -0.2) is 9.97 Å². The number of nitrogens with one attached hydrogen (secondary N) is 1. The van der Waals surface area contributed by atoms with E-state index in [4.69, 9.17) is 19.4 Å². The Morgan fingerprint density at radius 1 is 0.891 bits per heavy atom. The molecule has 2 saturated carbocycles. The highest BCUT2D eigenvalue weighted by molar-refractivity contribution is 5.80. The second-order valence-corrected chi connectivity index (χ2v) is 15.2. The SMILES string of the molecule is Cc1nc(NC[C@H](CC(=O)OCCC2CCCCC2)C(=O)OC(C)(C)C)c(C)c(C2CCC(c3ccc4c(c3)CCCC4)CC2)n1. The summed E-state index contributed by atoms with van der Waals surface area (Å²) in [4.78, 5) is 35.8. The summed E-state index contributed by atoms with van der Waals surface area (Å²) in [6, 6.07) is 7.26. The summed E-state index contributed by atoms with van der Waals surface area (Å²) in [6.45, 7) is 10.2. The number of ether oxygens (including phenoxy) is 2. The molecule has 7 heteroatoms. The Labute approximate surface area is 277 Å². The van der Waals surface area contributed by atoms with Gasteiger partial charge in [-0.15, -0.1) is 0 Å². The Morgan fingerprint density at radius 3 is 2.30 bits per heavy atom. The Hall–Kier alpha value is -2.96. The summed E-state index contributed by atoms with van der Waals surface area (Å²) in [6.07, 6.45) is 16.8. The minimum absolute atomic E-state index is 0.0186. The molecule has 5 rings (SSSR count). The van der Waals surface area contributed by atoms with Gasteiger partial charge in [0.15, 0.2) is 0 Å². The highest BCUT2D eigenvalue weighted by Gasteiger charge is 2.30. The van der Waals surface area contributed by atoms with Gasteiger partial charge < -0.3 is 14.8 Å². The van der Waals surface area contributed by atoms with Crippen molar-refractivity contribution in [3.05, 3.63) is 52.0 Å². The number of hydrogen-bond donors (Lipinski definition) is 1. The van der Waals surface area contributed by atoms with E-state index >= 15 is 0 Å². The summed E-state index contributed by atoms with van der Waals surface area (Å²) in [5.41, 5.74) is 6.12. The van der Waals surface area contributed by atoms with E-state index in [1.807, 2.05) is 27.7 Å². The zero-order valence-corrected chi connectivity index (χ0v) is 29.1. The Morgan fingerprint density at radius 2 is 1.59 bits per heavy atom. The number of aryl methyl sites for hydroxylation is 3. The molecule has 46 heavy (non-hydrogen) atoms. The summed E-state index contributed by atoms with van der Waals surface area (Å²) < 4.78 is 11.3. The van der Waals surface area contributed by atoms with E-state index in [9.17, 15) is 9.59 Å². The van der Waals surface area contributed by atoms with Crippen LogP contribution in [0.15, 0.2) is 18.2 Å². The molecule has 0 unspecified atom stereocenters. The van der Waals surface area contributed by atoms with E-state index in [1.165, 1.54) is 63.4 Å². The molecule has 3 aliphatic rings. The molecule has 0 spiro atoms. The van der Waals surface area contributed by atoms with Crippen LogP contribution in [-0.4, -0.2) is 40.7 Å². The van der Waals surface area contributed by atoms with Crippen LogP contribution in [0.3, 0.4) is 0 Å². The summed E-state index contributed by atoms with van der Waals surface area (Å²) >= 11 is 0. The fraction of sp³-hybridized carbons (Fsp3) is 0.692. The Bertz CT molecular complexity index is 1340. The van der Waals surface area contributed by atoms with E-state index in [0.717, 1.165) is 55.0 Å². The molecule has 1 aromatic heterocycles. The minimum atomic E-state index is -0.674. The van der Waals surface area contributed by atoms with Crippen molar-refractivity contribution in [2.45, 2.75) is 148 Å². The van der Waals surface area contributed by atoms with Crippen molar-refractivity contribution in [1.82, 2.24) is 9.97 Å². The number of fused-ring (bicyclic) bond motifs is 1. The molecule has 3 aliphatic carbocycles. The fourth-order valence-corrected chi connectivity index (χ4v) is 7.85. The van der Waals surface area contributed by atoms with Crippen LogP contribution in [0.4, 0.5) is 5.82 Å². The van der Waals surface area contributed by atoms with Crippen LogP contribution in [0.2, 0.25) is 0 Å². The second kappa shape index (κ2) is 15.8. The quantitative estimate of drug-likeness (QED) is 0.248. The molecule has 7 nitrogen and oxygen atoms in total. The van der Waals surface area contributed by atoms with Crippen LogP contribution in [0, 0.1) is 25.7 Å². The monoisotopic (exact) mass is 631 g/mol. The van der Waals surface area contributed by atoms with Gasteiger partial charge in [-0.3, -0.25) is 9.59 Å². The van der Waals surface area contributed by atoms with Crippen LogP contribution in [0.5, 0.6) is 0 Å². The van der Waals surface area contributed by atoms with Crippen molar-refractivity contribution in [1.29, 1.82) is 0 Å². The molecule has 0 amide bonds. The minimum Gasteiger partial charge on any atom is -0.466 e. The van der Waals surface area contributed by atoms with Gasteiger partial charge in [0.25, 0.3) is 0 Å². The third kappa shape index (κ3) is 9.54. The number of carbonyl (C=O) groups is 2. The Kier molecular flexibility index (Phi) is 11.8. The maximum absolute atomic E-state index is 13.2. The lowest BCUT2D eigenvalue weighted by Crippen LogP contribution is -2.34. The predicted octanol–water partition coefficient (Wildman–Crippen LogP) is 8.69. The number of hydrogen-bond acceptors (Lipinski definition) is 7. The molecule has 0 radical (unpaired) electrons. The highest BCUT2D eigenvalue weighted by Crippen LogP contribution is 2.42. The van der Waals surface area contributed by atoms with Gasteiger partial charge in [0, 0.05) is 18.0 Å². The molecular formula is C39H57N3O4. The van der Waals surface area contributed by atoms with E-state index in [0.29, 0.717) is 24.4 Å². The van der Waals surface area contributed by atoms with Gasteiger partial charge >= 0.3 is 11.9 Å². The number of anilines is 1. The lowest BCUT2D eigenvalue weighted by atomic mass is 9.76. The molecule has 2 aromatic rings. The van der Waals surface area contributed by atoms with E-state index in [1.54, 1.807) is 11.1 Å². The van der Waals surface area contributed by atoms with Crippen molar-refractivity contribution in [2.75, 3.05) is 18.5 Å². The van der Waals surface area contributed by atoms with Crippen molar-refractivity contribution < 1.29 is 19.1 Å². The van der Waals surface area contributed by atoms with E-state index in [-0.39, 0.29) is 18.9 Å². The number of esters is 2. The number of nitrogens with zero attached hydrogens (tertiary/aromatic N) is 2. The van der Waals surface area contributed by atoms with Gasteiger partial charge in [-0.05, 0) is 121 Å². The number of aromatic nitrogens is 2. The molecule has 1 N–H and O–H groups in total. The third-order valence-electron chi connectivity index (χ3n) is 10.4. The van der Waals surface area contributed by atoms with Crippen LogP contribution >= 0.6 is 0 Å². The number of carbonyl (C=O) groups excluding carboxylic acids is 2. The molecule has 2 fully saturated rings. The summed E-state index contributed by atoms with van der Waals surface area (Å²) in [5.74, 6) is 1.68. The highest BCUT2D eigenvalue weighted by atomic mass is 16.6. The predicted molar refractivity (Wildman–Crippen MR) is 183 cm³/mol. The largest absolute Gasteiger partial charge is 0.466 e. The smallest absolute Gasteiger partial charge is 0.311 e. The van der Waals surface area contributed by atoms with Gasteiger partial charge in [0.05, 0.1) is 24.6 Å². The zero-order valence-electron chi connectivity index (χ0n) is 29.1. The van der Waals surface area contributed by atoms with Crippen molar-refractivity contribution in [3.63, 3.8) is 0 Å². The zero-order chi connectivity index (χ0) is 32.7. The lowest BCUT2D eigenvalue weighted by molar-refractivity contribution is -0.163. The first-order valence-corrected chi connectivity index (χ1v) is 18.1. The average Bonchev–Trinajstić information content (AvgIpc) is 3.04. The standard InChI is InChI=1S/C39H57N3O4/c1-26-36(31-18-15-30(16-19-31)33-20-17-29-13-9-10-14-32(29)23-33)41-27(2)42-37(26)40-25-34(38(44)46-39(3,4)5)24-35(43)45-22-21-28-11-7-6-8-12-28/h17,20,23,28,30-31,34H,6-16,18-19,21-22,24-25H2,1-5H3,(H,40,41,42)/t30?,31?,34-/m0/s1. The first kappa shape index (κ1) is 34.4. The van der Waals surface area contributed by atoms with Crippen molar-refractivity contribution in [2.24, 2.45) is 11.8 Å². The maximum atomic E-state index is 13.2. The Balaban J connectivity index is 1.20. The fourth-order valence-electron chi connectivity index (χ4n) is 7.85. The molecular weight excluding hydrogens is 574 g/mol. The van der Waals surface area contributed by atoms with Gasteiger partial charge in [0.2, 0.25) is 0 Å². The topological polar surface area (TPSA) is 90.4 Å². The molecule has 0 aliphatic heterocycles. The van der Waals surface area contributed by atoms with Crippen LogP contribution in [-0.2, 0) is 31.9 Å². The third-order valence-corrected chi connectivity index (χ3v) is 10.4. The summed E-state index contributed by atoms with van der Waals surface area (Å²) in [5, 5.41) is 3.42. The normalized spacial score (nSPS) is 21.2. The van der Waals surface area contributed by atoms with E-state index < -0.39 is 17.5 Å². The summed E-state index contributed by atoms with van der Waals surface area (Å²) in [7, 11) is 0. The van der Waals surface area contributed by atoms with Crippen LogP contribution < -0.4 is 5.32 Å². The average molecular weight is 632 g/mol. The maximum Gasteiger partial charge on any atom is 0.311 e. The molecule has 0 bridgehead atoms. The van der Waals surface area contributed by atoms with Crippen LogP contribution in [0.25, 0.3) is 0 Å². The van der Waals surface area contributed by atoms with Gasteiger partial charge in [-0.2, -0.15) is 0 Å². The second-order valence-electron chi connectivity index (χ2n) is 15.2. The van der Waals surface area contributed by atoms with Crippen molar-refractivity contribution >= 4 is 17.8 Å². The number of benzene rings is 1. The lowest BCUT2D eigenvalue weighted by Gasteiger charge is -2.30. The van der Waals surface area contributed by atoms with Gasteiger partial charge in [-0.1, -0.05) is 50.3 Å². The molecule has 252 valence electrons. The first-order chi connectivity index (χ1) is 22.1. The van der Waals surface area contributed by atoms with E-state index in [2.05, 4.69) is 30.4 Å². The van der Waals surface area contributed by atoms with Crippen LogP contribution in [0.1, 0.15) is 150 Å². The molecule has 1 aromatic carbocycles. The van der Waals surface area contributed by atoms with Crippen molar-refractivity contribution in [3.8, 4) is 0 Å².